The molecule has 0 spiro atoms. The van der Waals surface area contributed by atoms with Crippen molar-refractivity contribution in [1.29, 1.82) is 0 Å². The zero-order valence-corrected chi connectivity index (χ0v) is 13.8. The summed E-state index contributed by atoms with van der Waals surface area (Å²) in [6.45, 7) is 1.46. The summed E-state index contributed by atoms with van der Waals surface area (Å²) in [5.74, 6) is 0.997. The zero-order chi connectivity index (χ0) is 17.1. The third kappa shape index (κ3) is 3.69. The number of anilines is 1. The van der Waals surface area contributed by atoms with Crippen LogP contribution >= 0.6 is 0 Å². The first-order valence-electron chi connectivity index (χ1n) is 8.48. The van der Waals surface area contributed by atoms with Gasteiger partial charge in [0.1, 0.15) is 0 Å². The third-order valence-corrected chi connectivity index (χ3v) is 4.68. The second-order valence-corrected chi connectivity index (χ2v) is 6.56. The largest absolute Gasteiger partial charge is 0.391 e. The Morgan fingerprint density at radius 3 is 2.88 bits per heavy atom. The molecule has 1 saturated carbocycles. The maximum Gasteiger partial charge on any atom is 0.243 e. The minimum atomic E-state index is -0.407. The van der Waals surface area contributed by atoms with Crippen molar-refractivity contribution in [3.8, 4) is 0 Å². The van der Waals surface area contributed by atoms with Crippen LogP contribution in [0.2, 0.25) is 0 Å². The molecule has 2 heterocycles. The summed E-state index contributed by atoms with van der Waals surface area (Å²) < 4.78 is 3.78. The smallest absolute Gasteiger partial charge is 0.243 e. The number of benzene rings is 1. The fourth-order valence-electron chi connectivity index (χ4n) is 3.45. The van der Waals surface area contributed by atoms with Crippen molar-refractivity contribution in [2.24, 2.45) is 5.92 Å². The molecule has 25 heavy (non-hydrogen) atoms. The molecule has 130 valence electrons. The van der Waals surface area contributed by atoms with Crippen molar-refractivity contribution < 1.29 is 5.11 Å². The summed E-state index contributed by atoms with van der Waals surface area (Å²) in [5.41, 5.74) is 1.13. The normalized spacial score (nSPS) is 23.0. The molecule has 2 aromatic heterocycles. The monoisotopic (exact) mass is 339 g/mol. The van der Waals surface area contributed by atoms with Crippen LogP contribution in [0.25, 0.3) is 0 Å². The number of imidazole rings is 1. The quantitative estimate of drug-likeness (QED) is 0.700. The van der Waals surface area contributed by atoms with Gasteiger partial charge in [0.05, 0.1) is 25.0 Å². The fraction of sp³-hybridized carbons (Fsp3) is 0.412. The molecule has 0 amide bonds. The average Bonchev–Trinajstić information content (AvgIpc) is 3.34. The summed E-state index contributed by atoms with van der Waals surface area (Å²) in [5, 5.41) is 25.6. The molecule has 0 radical (unpaired) electrons. The van der Waals surface area contributed by atoms with E-state index in [4.69, 9.17) is 0 Å². The number of aliphatic hydroxyl groups excluding tert-OH is 1. The Balaban J connectivity index is 1.40. The Morgan fingerprint density at radius 1 is 1.20 bits per heavy atom. The number of hydrogen-bond donors (Lipinski definition) is 2. The molecule has 3 atom stereocenters. The zero-order valence-electron chi connectivity index (χ0n) is 13.8. The lowest BCUT2D eigenvalue weighted by Gasteiger charge is -2.17. The average molecular weight is 339 g/mol. The first kappa shape index (κ1) is 15.8. The van der Waals surface area contributed by atoms with Crippen LogP contribution in [0.1, 0.15) is 18.4 Å². The predicted molar refractivity (Wildman–Crippen MR) is 91.7 cm³/mol. The molecule has 1 fully saturated rings. The van der Waals surface area contributed by atoms with E-state index in [1.54, 1.807) is 10.9 Å². The first-order valence-corrected chi connectivity index (χ1v) is 8.48. The SMILES string of the molecule is O[C@@H]1CC(Cn2ccnc2)C[C@H]1Nc1nnnn1Cc1ccccc1. The molecule has 8 heteroatoms. The highest BCUT2D eigenvalue weighted by Gasteiger charge is 2.34. The van der Waals surface area contributed by atoms with Crippen molar-refractivity contribution in [2.75, 3.05) is 5.32 Å². The van der Waals surface area contributed by atoms with Crippen molar-refractivity contribution in [3.63, 3.8) is 0 Å². The molecule has 8 nitrogen and oxygen atoms in total. The van der Waals surface area contributed by atoms with E-state index in [0.717, 1.165) is 24.9 Å². The predicted octanol–water partition coefficient (Wildman–Crippen LogP) is 1.17. The van der Waals surface area contributed by atoms with Gasteiger partial charge in [0.25, 0.3) is 0 Å². The van der Waals surface area contributed by atoms with Crippen molar-refractivity contribution >= 4 is 5.95 Å². The summed E-state index contributed by atoms with van der Waals surface area (Å²) in [6, 6.07) is 10.0. The number of aromatic nitrogens is 6. The van der Waals surface area contributed by atoms with Crippen LogP contribution in [0.3, 0.4) is 0 Å². The van der Waals surface area contributed by atoms with Gasteiger partial charge in [-0.05, 0) is 34.7 Å². The van der Waals surface area contributed by atoms with E-state index in [1.807, 2.05) is 42.9 Å². The van der Waals surface area contributed by atoms with Crippen LogP contribution in [0, 0.1) is 5.92 Å². The Hall–Kier alpha value is -2.74. The number of hydrogen-bond acceptors (Lipinski definition) is 6. The molecule has 1 aliphatic rings. The standard InChI is InChI=1S/C17H21N7O/c25-16-9-14(10-23-7-6-18-12-23)8-15(16)19-17-20-21-22-24(17)11-13-4-2-1-3-5-13/h1-7,12,14-16,25H,8-11H2,(H,19,20,22)/t14?,15-,16-/m1/s1. The fourth-order valence-corrected chi connectivity index (χ4v) is 3.45. The number of nitrogens with one attached hydrogen (secondary N) is 1. The molecule has 1 unspecified atom stereocenters. The van der Waals surface area contributed by atoms with Crippen LogP contribution in [0.5, 0.6) is 0 Å². The van der Waals surface area contributed by atoms with Crippen molar-refractivity contribution in [1.82, 2.24) is 29.8 Å². The van der Waals surface area contributed by atoms with Crippen LogP contribution in [-0.2, 0) is 13.1 Å². The van der Waals surface area contributed by atoms with Gasteiger partial charge in [-0.25, -0.2) is 9.67 Å². The number of tetrazole rings is 1. The number of nitrogens with zero attached hydrogens (tertiary/aromatic N) is 6. The van der Waals surface area contributed by atoms with Gasteiger partial charge in [-0.2, -0.15) is 0 Å². The summed E-state index contributed by atoms with van der Waals surface area (Å²) in [4.78, 5) is 4.07. The molecule has 0 saturated heterocycles. The Labute approximate surface area is 145 Å². The molecule has 1 aliphatic carbocycles. The molecule has 3 aromatic rings. The second-order valence-electron chi connectivity index (χ2n) is 6.56. The highest BCUT2D eigenvalue weighted by molar-refractivity contribution is 5.27. The second kappa shape index (κ2) is 7.02. The summed E-state index contributed by atoms with van der Waals surface area (Å²) >= 11 is 0. The van der Waals surface area contributed by atoms with Crippen molar-refractivity contribution in [3.05, 3.63) is 54.6 Å². The van der Waals surface area contributed by atoms with Gasteiger partial charge >= 0.3 is 0 Å². The van der Waals surface area contributed by atoms with E-state index >= 15 is 0 Å². The van der Waals surface area contributed by atoms with Crippen LogP contribution in [0.15, 0.2) is 49.1 Å². The van der Waals surface area contributed by atoms with Gasteiger partial charge in [-0.3, -0.25) is 0 Å². The van der Waals surface area contributed by atoms with E-state index in [0.29, 0.717) is 18.4 Å². The lowest BCUT2D eigenvalue weighted by Crippen LogP contribution is -2.29. The van der Waals surface area contributed by atoms with Crippen LogP contribution in [-0.4, -0.2) is 47.0 Å². The van der Waals surface area contributed by atoms with E-state index < -0.39 is 6.10 Å². The Morgan fingerprint density at radius 2 is 2.08 bits per heavy atom. The molecule has 0 bridgehead atoms. The lowest BCUT2D eigenvalue weighted by molar-refractivity contribution is 0.166. The van der Waals surface area contributed by atoms with E-state index in [-0.39, 0.29) is 6.04 Å². The number of rotatable bonds is 6. The topological polar surface area (TPSA) is 93.7 Å². The summed E-state index contributed by atoms with van der Waals surface area (Å²) in [7, 11) is 0. The van der Waals surface area contributed by atoms with Crippen LogP contribution < -0.4 is 5.32 Å². The highest BCUT2D eigenvalue weighted by atomic mass is 16.3. The molecule has 0 aliphatic heterocycles. The van der Waals surface area contributed by atoms with E-state index in [9.17, 15) is 5.11 Å². The maximum absolute atomic E-state index is 10.4. The highest BCUT2D eigenvalue weighted by Crippen LogP contribution is 2.29. The molecule has 1 aromatic carbocycles. The Kier molecular flexibility index (Phi) is 4.43. The van der Waals surface area contributed by atoms with Gasteiger partial charge in [-0.15, -0.1) is 0 Å². The molecule has 4 rings (SSSR count). The van der Waals surface area contributed by atoms with Gasteiger partial charge < -0.3 is 15.0 Å². The van der Waals surface area contributed by atoms with Gasteiger partial charge in [0.15, 0.2) is 0 Å². The third-order valence-electron chi connectivity index (χ3n) is 4.68. The first-order chi connectivity index (χ1) is 12.3. The molecule has 2 N–H and O–H groups in total. The van der Waals surface area contributed by atoms with Gasteiger partial charge in [0.2, 0.25) is 5.95 Å². The summed E-state index contributed by atoms with van der Waals surface area (Å²) in [6.07, 6.45) is 6.77. The van der Waals surface area contributed by atoms with Gasteiger partial charge in [-0.1, -0.05) is 35.4 Å². The van der Waals surface area contributed by atoms with Crippen molar-refractivity contribution in [2.45, 2.75) is 38.1 Å². The van der Waals surface area contributed by atoms with E-state index in [2.05, 4.69) is 30.4 Å². The van der Waals surface area contributed by atoms with Crippen LogP contribution in [0.4, 0.5) is 5.95 Å². The molecular weight excluding hydrogens is 318 g/mol. The Bertz CT molecular complexity index is 786. The number of aliphatic hydroxyl groups is 1. The molecular formula is C17H21N7O. The van der Waals surface area contributed by atoms with Gasteiger partial charge in [0, 0.05) is 18.9 Å². The maximum atomic E-state index is 10.4. The minimum Gasteiger partial charge on any atom is -0.391 e. The minimum absolute atomic E-state index is 0.0472. The lowest BCUT2D eigenvalue weighted by atomic mass is 10.1. The van der Waals surface area contributed by atoms with E-state index in [1.165, 1.54) is 0 Å².